The standard InChI is InChI=1S/C20H23ClN4O2.ClH/c21-17-4-2-1-3-16(17)18-13-23-10-12-25(18)11-9-19(26)24-15-7-5-14(6-8-15)20(22)27;/h1-8,18,23H,9-13H2,(H2,22,27)(H,24,26);1H. The maximum Gasteiger partial charge on any atom is 0.248 e. The Morgan fingerprint density at radius 1 is 1.18 bits per heavy atom. The third kappa shape index (κ3) is 5.69. The summed E-state index contributed by atoms with van der Waals surface area (Å²) in [4.78, 5) is 25.7. The van der Waals surface area contributed by atoms with Gasteiger partial charge in [0.25, 0.3) is 0 Å². The van der Waals surface area contributed by atoms with Gasteiger partial charge in [-0.25, -0.2) is 0 Å². The summed E-state index contributed by atoms with van der Waals surface area (Å²) < 4.78 is 0. The molecule has 150 valence electrons. The Labute approximate surface area is 175 Å². The number of hydrogen-bond donors (Lipinski definition) is 3. The van der Waals surface area contributed by atoms with Crippen LogP contribution in [-0.4, -0.2) is 42.9 Å². The predicted octanol–water partition coefficient (Wildman–Crippen LogP) is 2.84. The summed E-state index contributed by atoms with van der Waals surface area (Å²) in [5.74, 6) is -0.560. The second-order valence-electron chi connectivity index (χ2n) is 6.52. The molecule has 3 rings (SSSR count). The number of nitrogens with one attached hydrogen (secondary N) is 2. The molecular weight excluding hydrogens is 399 g/mol. The smallest absolute Gasteiger partial charge is 0.248 e. The first kappa shape index (κ1) is 22.2. The first-order valence-electron chi connectivity index (χ1n) is 8.93. The van der Waals surface area contributed by atoms with Gasteiger partial charge in [0.2, 0.25) is 11.8 Å². The van der Waals surface area contributed by atoms with Crippen molar-refractivity contribution in [2.24, 2.45) is 5.73 Å². The van der Waals surface area contributed by atoms with Crippen LogP contribution < -0.4 is 16.4 Å². The van der Waals surface area contributed by atoms with Crippen LogP contribution in [0.1, 0.15) is 28.4 Å². The van der Waals surface area contributed by atoms with E-state index in [2.05, 4.69) is 15.5 Å². The summed E-state index contributed by atoms with van der Waals surface area (Å²) in [5.41, 5.74) is 7.36. The molecule has 0 radical (unpaired) electrons. The van der Waals surface area contributed by atoms with Crippen molar-refractivity contribution in [1.29, 1.82) is 0 Å². The molecule has 28 heavy (non-hydrogen) atoms. The van der Waals surface area contributed by atoms with Crippen LogP contribution >= 0.6 is 24.0 Å². The highest BCUT2D eigenvalue weighted by atomic mass is 35.5. The van der Waals surface area contributed by atoms with E-state index >= 15 is 0 Å². The molecule has 1 aliphatic heterocycles. The van der Waals surface area contributed by atoms with Crippen molar-refractivity contribution in [2.75, 3.05) is 31.5 Å². The average molecular weight is 423 g/mol. The van der Waals surface area contributed by atoms with E-state index in [4.69, 9.17) is 17.3 Å². The maximum absolute atomic E-state index is 12.3. The van der Waals surface area contributed by atoms with E-state index in [0.29, 0.717) is 24.2 Å². The normalized spacial score (nSPS) is 16.8. The Balaban J connectivity index is 0.00000280. The van der Waals surface area contributed by atoms with E-state index in [9.17, 15) is 9.59 Å². The minimum atomic E-state index is -0.489. The number of carbonyl (C=O) groups is 2. The molecule has 2 amide bonds. The Hall–Kier alpha value is -2.12. The van der Waals surface area contributed by atoms with Crippen molar-refractivity contribution < 1.29 is 9.59 Å². The molecular formula is C20H24Cl2N4O2. The second kappa shape index (κ2) is 10.4. The minimum absolute atomic E-state index is 0. The lowest BCUT2D eigenvalue weighted by atomic mass is 10.0. The van der Waals surface area contributed by atoms with E-state index in [-0.39, 0.29) is 24.4 Å². The Bertz CT molecular complexity index is 814. The quantitative estimate of drug-likeness (QED) is 0.667. The number of rotatable bonds is 6. The molecule has 0 spiro atoms. The molecule has 1 heterocycles. The van der Waals surface area contributed by atoms with Crippen molar-refractivity contribution in [3.8, 4) is 0 Å². The minimum Gasteiger partial charge on any atom is -0.366 e. The summed E-state index contributed by atoms with van der Waals surface area (Å²) >= 11 is 6.36. The van der Waals surface area contributed by atoms with Gasteiger partial charge in [0.15, 0.2) is 0 Å². The van der Waals surface area contributed by atoms with E-state index in [1.54, 1.807) is 24.3 Å². The topological polar surface area (TPSA) is 87.5 Å². The lowest BCUT2D eigenvalue weighted by Gasteiger charge is -2.36. The highest BCUT2D eigenvalue weighted by Gasteiger charge is 2.25. The van der Waals surface area contributed by atoms with Gasteiger partial charge in [-0.15, -0.1) is 12.4 Å². The lowest BCUT2D eigenvalue weighted by molar-refractivity contribution is -0.116. The Kier molecular flexibility index (Phi) is 8.26. The van der Waals surface area contributed by atoms with E-state index < -0.39 is 5.91 Å². The number of halogens is 2. The average Bonchev–Trinajstić information content (AvgIpc) is 2.67. The molecule has 8 heteroatoms. The number of piperazine rings is 1. The molecule has 1 fully saturated rings. The summed E-state index contributed by atoms with van der Waals surface area (Å²) in [5, 5.41) is 6.99. The monoisotopic (exact) mass is 422 g/mol. The molecule has 2 aromatic carbocycles. The van der Waals surface area contributed by atoms with Crippen molar-refractivity contribution in [3.05, 3.63) is 64.7 Å². The molecule has 0 bridgehead atoms. The number of hydrogen-bond acceptors (Lipinski definition) is 4. The zero-order chi connectivity index (χ0) is 19.2. The first-order chi connectivity index (χ1) is 13.0. The Morgan fingerprint density at radius 2 is 1.89 bits per heavy atom. The molecule has 6 nitrogen and oxygen atoms in total. The van der Waals surface area contributed by atoms with Crippen molar-refractivity contribution in [3.63, 3.8) is 0 Å². The van der Waals surface area contributed by atoms with Gasteiger partial charge in [-0.3, -0.25) is 14.5 Å². The zero-order valence-electron chi connectivity index (χ0n) is 15.4. The molecule has 1 saturated heterocycles. The van der Waals surface area contributed by atoms with Gasteiger partial charge in [0.05, 0.1) is 0 Å². The van der Waals surface area contributed by atoms with E-state index in [0.717, 1.165) is 30.2 Å². The van der Waals surface area contributed by atoms with Crippen molar-refractivity contribution >= 4 is 41.5 Å². The van der Waals surface area contributed by atoms with Crippen LogP contribution in [0.4, 0.5) is 5.69 Å². The van der Waals surface area contributed by atoms with Crippen LogP contribution in [0.3, 0.4) is 0 Å². The van der Waals surface area contributed by atoms with Gasteiger partial charge in [-0.2, -0.15) is 0 Å². The number of anilines is 1. The van der Waals surface area contributed by atoms with E-state index in [1.165, 1.54) is 0 Å². The second-order valence-corrected chi connectivity index (χ2v) is 6.92. The van der Waals surface area contributed by atoms with E-state index in [1.807, 2.05) is 24.3 Å². The van der Waals surface area contributed by atoms with Crippen LogP contribution in [0.5, 0.6) is 0 Å². The van der Waals surface area contributed by atoms with Gasteiger partial charge in [0.1, 0.15) is 0 Å². The van der Waals surface area contributed by atoms with Gasteiger partial charge in [-0.05, 0) is 35.9 Å². The van der Waals surface area contributed by atoms with Crippen molar-refractivity contribution in [2.45, 2.75) is 12.5 Å². The van der Waals surface area contributed by atoms with Gasteiger partial charge >= 0.3 is 0 Å². The fourth-order valence-corrected chi connectivity index (χ4v) is 3.51. The van der Waals surface area contributed by atoms with Crippen LogP contribution in [0.2, 0.25) is 5.02 Å². The predicted molar refractivity (Wildman–Crippen MR) is 114 cm³/mol. The SMILES string of the molecule is Cl.NC(=O)c1ccc(NC(=O)CCN2CCNCC2c2ccccc2Cl)cc1. The number of primary amides is 1. The van der Waals surface area contributed by atoms with Crippen LogP contribution in [0.25, 0.3) is 0 Å². The molecule has 2 aromatic rings. The maximum atomic E-state index is 12.3. The third-order valence-corrected chi connectivity index (χ3v) is 5.04. The molecule has 4 N–H and O–H groups in total. The van der Waals surface area contributed by atoms with Gasteiger partial charge in [0, 0.05) is 54.9 Å². The highest BCUT2D eigenvalue weighted by Crippen LogP contribution is 2.28. The number of nitrogens with two attached hydrogens (primary N) is 1. The van der Waals surface area contributed by atoms with Gasteiger partial charge < -0.3 is 16.4 Å². The number of nitrogens with zero attached hydrogens (tertiary/aromatic N) is 1. The molecule has 1 atom stereocenters. The lowest BCUT2D eigenvalue weighted by Crippen LogP contribution is -2.46. The number of carbonyl (C=O) groups excluding carboxylic acids is 2. The summed E-state index contributed by atoms with van der Waals surface area (Å²) in [7, 11) is 0. The van der Waals surface area contributed by atoms with Crippen LogP contribution in [0, 0.1) is 0 Å². The molecule has 0 aliphatic carbocycles. The summed E-state index contributed by atoms with van der Waals surface area (Å²) in [6, 6.07) is 14.5. The van der Waals surface area contributed by atoms with Gasteiger partial charge in [-0.1, -0.05) is 29.8 Å². The number of amides is 2. The fraction of sp³-hybridized carbons (Fsp3) is 0.300. The highest BCUT2D eigenvalue weighted by molar-refractivity contribution is 6.31. The van der Waals surface area contributed by atoms with Crippen molar-refractivity contribution in [1.82, 2.24) is 10.2 Å². The van der Waals surface area contributed by atoms with Crippen LogP contribution in [-0.2, 0) is 4.79 Å². The number of benzene rings is 2. The molecule has 0 saturated carbocycles. The Morgan fingerprint density at radius 3 is 2.57 bits per heavy atom. The summed E-state index contributed by atoms with van der Waals surface area (Å²) in [6.07, 6.45) is 0.374. The zero-order valence-corrected chi connectivity index (χ0v) is 16.9. The third-order valence-electron chi connectivity index (χ3n) is 4.70. The van der Waals surface area contributed by atoms with Crippen LogP contribution in [0.15, 0.2) is 48.5 Å². The summed E-state index contributed by atoms with van der Waals surface area (Å²) in [6.45, 7) is 3.19. The first-order valence-corrected chi connectivity index (χ1v) is 9.31. The molecule has 1 unspecified atom stereocenters. The largest absolute Gasteiger partial charge is 0.366 e. The fourth-order valence-electron chi connectivity index (χ4n) is 3.25. The molecule has 0 aromatic heterocycles. The molecule has 1 aliphatic rings.